The molecule has 4 N–H and O–H groups in total. The highest BCUT2D eigenvalue weighted by atomic mass is 19.1. The highest BCUT2D eigenvalue weighted by Crippen LogP contribution is 2.45. The van der Waals surface area contributed by atoms with Gasteiger partial charge in [0.1, 0.15) is 11.6 Å². The largest absolute Gasteiger partial charge is 0.390 e. The van der Waals surface area contributed by atoms with Crippen molar-refractivity contribution in [2.75, 3.05) is 19.6 Å². The molecular weight excluding hydrogens is 544 g/mol. The molecule has 1 fully saturated rings. The lowest BCUT2D eigenvalue weighted by molar-refractivity contribution is 0.0822. The average Bonchev–Trinajstić information content (AvgIpc) is 3.78. The molecular formula is C36H43F2N3O2. The maximum atomic E-state index is 14.0. The summed E-state index contributed by atoms with van der Waals surface area (Å²) in [5.74, 6) is 0.913. The first-order valence-corrected chi connectivity index (χ1v) is 15.3. The molecule has 43 heavy (non-hydrogen) atoms. The molecule has 0 bridgehead atoms. The Labute approximate surface area is 254 Å². The predicted molar refractivity (Wildman–Crippen MR) is 168 cm³/mol. The summed E-state index contributed by atoms with van der Waals surface area (Å²) in [6, 6.07) is 16.0. The van der Waals surface area contributed by atoms with E-state index in [1.807, 2.05) is 43.3 Å². The van der Waals surface area contributed by atoms with E-state index in [-0.39, 0.29) is 24.4 Å². The average molecular weight is 588 g/mol. The molecule has 1 aliphatic rings. The number of benzene rings is 3. The summed E-state index contributed by atoms with van der Waals surface area (Å²) < 4.78 is 28.1. The van der Waals surface area contributed by atoms with Gasteiger partial charge in [-0.3, -0.25) is 4.79 Å². The van der Waals surface area contributed by atoms with Gasteiger partial charge < -0.3 is 21.1 Å². The molecule has 0 saturated heterocycles. The first-order valence-electron chi connectivity index (χ1n) is 15.3. The van der Waals surface area contributed by atoms with Crippen LogP contribution >= 0.6 is 0 Å². The molecule has 3 aromatic carbocycles. The van der Waals surface area contributed by atoms with Gasteiger partial charge in [0.2, 0.25) is 0 Å². The molecule has 7 heteroatoms. The number of aliphatic hydroxyl groups excluding tert-OH is 1. The zero-order chi connectivity index (χ0) is 30.8. The third-order valence-corrected chi connectivity index (χ3v) is 8.09. The van der Waals surface area contributed by atoms with Crippen molar-refractivity contribution in [2.24, 2.45) is 0 Å². The number of aryl methyl sites for hydroxylation is 1. The number of carbonyl (C=O) groups is 1. The summed E-state index contributed by atoms with van der Waals surface area (Å²) in [7, 11) is 0. The summed E-state index contributed by atoms with van der Waals surface area (Å²) in [5.41, 5.74) is 4.38. The topological polar surface area (TPSA) is 73.4 Å². The van der Waals surface area contributed by atoms with E-state index in [9.17, 15) is 18.7 Å². The zero-order valence-corrected chi connectivity index (χ0v) is 25.2. The predicted octanol–water partition coefficient (Wildman–Crippen LogP) is 5.56. The first-order chi connectivity index (χ1) is 20.7. The van der Waals surface area contributed by atoms with Crippen LogP contribution in [0.1, 0.15) is 77.2 Å². The number of halogens is 2. The smallest absolute Gasteiger partial charge is 0.251 e. The van der Waals surface area contributed by atoms with Gasteiger partial charge in [-0.25, -0.2) is 8.78 Å². The number of rotatable bonds is 16. The van der Waals surface area contributed by atoms with Crippen LogP contribution in [0.4, 0.5) is 8.78 Å². The maximum absolute atomic E-state index is 14.0. The second-order valence-electron chi connectivity index (χ2n) is 11.7. The molecule has 228 valence electrons. The minimum absolute atomic E-state index is 0.0587. The molecule has 1 aliphatic carbocycles. The number of carbonyl (C=O) groups excluding carboxylic acids is 1. The van der Waals surface area contributed by atoms with Crippen molar-refractivity contribution in [1.82, 2.24) is 16.0 Å². The van der Waals surface area contributed by atoms with Crippen LogP contribution in [0.25, 0.3) is 0 Å². The van der Waals surface area contributed by atoms with Gasteiger partial charge in [-0.15, -0.1) is 6.42 Å². The zero-order valence-electron chi connectivity index (χ0n) is 25.2. The Bertz CT molecular complexity index is 1410. The van der Waals surface area contributed by atoms with E-state index in [0.717, 1.165) is 67.1 Å². The summed E-state index contributed by atoms with van der Waals surface area (Å²) in [6.07, 6.45) is 10.7. The molecule has 1 amide bonds. The minimum Gasteiger partial charge on any atom is -0.390 e. The Hall–Kier alpha value is -3.57. The van der Waals surface area contributed by atoms with Crippen molar-refractivity contribution in [3.05, 3.63) is 106 Å². The van der Waals surface area contributed by atoms with E-state index < -0.39 is 23.8 Å². The lowest BCUT2D eigenvalue weighted by Gasteiger charge is -2.27. The van der Waals surface area contributed by atoms with Crippen molar-refractivity contribution < 1.29 is 18.7 Å². The summed E-state index contributed by atoms with van der Waals surface area (Å²) in [5, 5.41) is 21.2. The first kappa shape index (κ1) is 32.3. The number of unbranched alkanes of at least 4 members (excludes halogenated alkanes) is 2. The lowest BCUT2D eigenvalue weighted by Crippen LogP contribution is -2.50. The molecule has 2 atom stereocenters. The molecule has 0 aromatic heterocycles. The second-order valence-corrected chi connectivity index (χ2v) is 11.7. The van der Waals surface area contributed by atoms with Crippen LogP contribution in [0.5, 0.6) is 0 Å². The Morgan fingerprint density at radius 3 is 2.49 bits per heavy atom. The molecule has 4 rings (SSSR count). The molecule has 0 aliphatic heterocycles. The van der Waals surface area contributed by atoms with E-state index in [1.54, 1.807) is 0 Å². The number of hydrogen-bond donors (Lipinski definition) is 4. The van der Waals surface area contributed by atoms with Crippen LogP contribution in [0, 0.1) is 30.9 Å². The van der Waals surface area contributed by atoms with Crippen LogP contribution in [0.2, 0.25) is 0 Å². The van der Waals surface area contributed by atoms with E-state index in [4.69, 9.17) is 6.42 Å². The summed E-state index contributed by atoms with van der Waals surface area (Å²) in [6.45, 7) is 6.09. The fraction of sp³-hybridized carbons (Fsp3) is 0.417. The van der Waals surface area contributed by atoms with Crippen molar-refractivity contribution in [2.45, 2.75) is 76.5 Å². The second kappa shape index (κ2) is 15.2. The quantitative estimate of drug-likeness (QED) is 0.131. The number of nitrogens with one attached hydrogen (secondary N) is 3. The normalized spacial score (nSPS) is 15.0. The van der Waals surface area contributed by atoms with Gasteiger partial charge in [0, 0.05) is 29.3 Å². The maximum Gasteiger partial charge on any atom is 0.251 e. The van der Waals surface area contributed by atoms with Crippen LogP contribution in [0.3, 0.4) is 0 Å². The van der Waals surface area contributed by atoms with E-state index in [1.165, 1.54) is 25.0 Å². The minimum atomic E-state index is -1.03. The van der Waals surface area contributed by atoms with Gasteiger partial charge in [-0.2, -0.15) is 0 Å². The fourth-order valence-electron chi connectivity index (χ4n) is 5.55. The number of terminal acetylenes is 1. The van der Waals surface area contributed by atoms with Gasteiger partial charge in [0.25, 0.3) is 5.91 Å². The Morgan fingerprint density at radius 2 is 1.79 bits per heavy atom. The third kappa shape index (κ3) is 9.46. The standard InChI is InChI=1S/C36H43F2N3O2/c1-4-6-7-14-39-15-11-27-16-25(3)17-29(18-27)35(43)41-33(22-28-20-31(37)23-32(38)21-28)34(42)24-40-36(12-13-36)30-10-8-9-26(5-2)19-30/h2,8-10,16-21,23,33-34,39-40,42H,4,6-7,11-15,22,24H2,1,3H3,(H,41,43)/t33-,34+/m0/s1. The summed E-state index contributed by atoms with van der Waals surface area (Å²) >= 11 is 0. The fourth-order valence-corrected chi connectivity index (χ4v) is 5.55. The highest BCUT2D eigenvalue weighted by Gasteiger charge is 2.44. The molecule has 1 saturated carbocycles. The van der Waals surface area contributed by atoms with Crippen LogP contribution in [-0.2, 0) is 18.4 Å². The molecule has 0 spiro atoms. The van der Waals surface area contributed by atoms with Crippen molar-refractivity contribution >= 4 is 5.91 Å². The van der Waals surface area contributed by atoms with Gasteiger partial charge >= 0.3 is 0 Å². The third-order valence-electron chi connectivity index (χ3n) is 8.09. The Kier molecular flexibility index (Phi) is 11.5. The van der Waals surface area contributed by atoms with Crippen molar-refractivity contribution in [3.8, 4) is 12.3 Å². The van der Waals surface area contributed by atoms with Gasteiger partial charge in [0.05, 0.1) is 12.1 Å². The van der Waals surface area contributed by atoms with Gasteiger partial charge in [0.15, 0.2) is 0 Å². The highest BCUT2D eigenvalue weighted by molar-refractivity contribution is 5.94. The Balaban J connectivity index is 1.47. The van der Waals surface area contributed by atoms with E-state index >= 15 is 0 Å². The molecule has 0 unspecified atom stereocenters. The molecule has 0 heterocycles. The SMILES string of the molecule is C#Cc1cccc(C2(NC[C@@H](O)[C@H](Cc3cc(F)cc(F)c3)NC(=O)c3cc(C)cc(CCNCCCCC)c3)CC2)c1. The number of amides is 1. The van der Waals surface area contributed by atoms with Crippen LogP contribution in [-0.4, -0.2) is 42.8 Å². The van der Waals surface area contributed by atoms with Gasteiger partial charge in [-0.1, -0.05) is 49.4 Å². The summed E-state index contributed by atoms with van der Waals surface area (Å²) in [4.78, 5) is 13.5. The number of hydrogen-bond acceptors (Lipinski definition) is 4. The van der Waals surface area contributed by atoms with Gasteiger partial charge in [-0.05, 0) is 105 Å². The number of aliphatic hydroxyl groups is 1. The van der Waals surface area contributed by atoms with Crippen LogP contribution < -0.4 is 16.0 Å². The van der Waals surface area contributed by atoms with Crippen molar-refractivity contribution in [1.29, 1.82) is 0 Å². The molecule has 5 nitrogen and oxygen atoms in total. The molecule has 3 aromatic rings. The lowest BCUT2D eigenvalue weighted by atomic mass is 9.98. The monoisotopic (exact) mass is 587 g/mol. The molecule has 0 radical (unpaired) electrons. The van der Waals surface area contributed by atoms with E-state index in [2.05, 4.69) is 34.9 Å². The van der Waals surface area contributed by atoms with E-state index in [0.29, 0.717) is 11.1 Å². The van der Waals surface area contributed by atoms with Crippen molar-refractivity contribution in [3.63, 3.8) is 0 Å². The Morgan fingerprint density at radius 1 is 1.02 bits per heavy atom. The van der Waals surface area contributed by atoms with Crippen LogP contribution in [0.15, 0.2) is 60.7 Å².